The van der Waals surface area contributed by atoms with Gasteiger partial charge in [-0.3, -0.25) is 4.79 Å². The van der Waals surface area contributed by atoms with Crippen molar-refractivity contribution in [2.75, 3.05) is 5.75 Å². The van der Waals surface area contributed by atoms with Crippen LogP contribution in [-0.4, -0.2) is 39.9 Å². The van der Waals surface area contributed by atoms with Crippen molar-refractivity contribution in [2.24, 2.45) is 0 Å². The van der Waals surface area contributed by atoms with Crippen molar-refractivity contribution in [3.05, 3.63) is 30.3 Å². The molecule has 12 heavy (non-hydrogen) atoms. The number of thioether (sulfide) groups is 1. The number of carbonyl (C=O) groups is 1. The Morgan fingerprint density at radius 3 is 2.42 bits per heavy atom. The third-order valence-corrected chi connectivity index (χ3v) is 2.10. The van der Waals surface area contributed by atoms with E-state index >= 15 is 0 Å². The minimum absolute atomic E-state index is 0. The number of hydrogen-bond acceptors (Lipinski definition) is 2. The summed E-state index contributed by atoms with van der Waals surface area (Å²) in [4.78, 5) is 11.1. The zero-order chi connectivity index (χ0) is 8.10. The summed E-state index contributed by atoms with van der Waals surface area (Å²) in [5, 5.41) is 8.35. The number of carboxylic acids is 1. The highest BCUT2D eigenvalue weighted by Gasteiger charge is 1.97. The number of carboxylic acid groups (broad SMARTS) is 1. The van der Waals surface area contributed by atoms with Crippen LogP contribution < -0.4 is 0 Å². The lowest BCUT2D eigenvalue weighted by molar-refractivity contribution is -0.133. The van der Waals surface area contributed by atoms with Gasteiger partial charge in [0.1, 0.15) is 0 Å². The van der Waals surface area contributed by atoms with Gasteiger partial charge < -0.3 is 5.11 Å². The van der Waals surface area contributed by atoms with E-state index < -0.39 is 5.97 Å². The fourth-order valence-corrected chi connectivity index (χ4v) is 1.30. The smallest absolute Gasteiger partial charge is 0.316 e. The highest BCUT2D eigenvalue weighted by Crippen LogP contribution is 2.15. The molecule has 0 radical (unpaired) electrons. The van der Waals surface area contributed by atoms with Crippen LogP contribution in [-0.2, 0) is 4.79 Å². The van der Waals surface area contributed by atoms with E-state index in [-0.39, 0.29) is 28.8 Å². The molecule has 1 rings (SSSR count). The van der Waals surface area contributed by atoms with Crippen LogP contribution in [0.25, 0.3) is 0 Å². The van der Waals surface area contributed by atoms with E-state index in [1.807, 2.05) is 30.3 Å². The van der Waals surface area contributed by atoms with Gasteiger partial charge in [-0.15, -0.1) is 11.8 Å². The van der Waals surface area contributed by atoms with E-state index in [1.165, 1.54) is 11.8 Å². The molecule has 0 saturated carbocycles. The van der Waals surface area contributed by atoms with Gasteiger partial charge in [-0.1, -0.05) is 18.2 Å². The van der Waals surface area contributed by atoms with E-state index in [1.54, 1.807) is 0 Å². The first-order valence-corrected chi connectivity index (χ1v) is 4.17. The summed E-state index contributed by atoms with van der Waals surface area (Å²) in [5.41, 5.74) is 0. The Bertz CT molecular complexity index is 238. The number of benzene rings is 1. The lowest BCUT2D eigenvalue weighted by atomic mass is 10.4. The SMILES string of the molecule is O=C(O)CSc1ccccc1.[MgH2]. The second-order valence-corrected chi connectivity index (χ2v) is 3.04. The van der Waals surface area contributed by atoms with Crippen molar-refractivity contribution in [1.82, 2.24) is 0 Å². The van der Waals surface area contributed by atoms with Gasteiger partial charge in [-0.25, -0.2) is 0 Å². The molecule has 0 fully saturated rings. The summed E-state index contributed by atoms with van der Waals surface area (Å²) in [5.74, 6) is -0.650. The predicted octanol–water partition coefficient (Wildman–Crippen LogP) is 0.947. The third kappa shape index (κ3) is 4.64. The minimum Gasteiger partial charge on any atom is -0.481 e. The van der Waals surface area contributed by atoms with Crippen LogP contribution in [0.4, 0.5) is 0 Å². The Morgan fingerprint density at radius 2 is 1.92 bits per heavy atom. The van der Waals surface area contributed by atoms with Crippen molar-refractivity contribution in [3.63, 3.8) is 0 Å². The fraction of sp³-hybridized carbons (Fsp3) is 0.125. The summed E-state index contributed by atoms with van der Waals surface area (Å²) in [6, 6.07) is 9.49. The largest absolute Gasteiger partial charge is 0.481 e. The topological polar surface area (TPSA) is 37.3 Å². The first-order chi connectivity index (χ1) is 5.29. The zero-order valence-corrected chi connectivity index (χ0v) is 6.67. The molecule has 0 aromatic heterocycles. The molecular weight excluding hydrogens is 184 g/mol. The average molecular weight is 195 g/mol. The van der Waals surface area contributed by atoms with Gasteiger partial charge in [0, 0.05) is 4.90 Å². The molecule has 0 heterocycles. The molecule has 1 aromatic rings. The number of aliphatic carboxylic acids is 1. The number of rotatable bonds is 3. The molecule has 62 valence electrons. The molecule has 0 unspecified atom stereocenters. The predicted molar refractivity (Wildman–Crippen MR) is 53.3 cm³/mol. The van der Waals surface area contributed by atoms with Gasteiger partial charge in [-0.05, 0) is 12.1 Å². The van der Waals surface area contributed by atoms with Crippen molar-refractivity contribution in [2.45, 2.75) is 4.90 Å². The van der Waals surface area contributed by atoms with Crippen LogP contribution in [0.2, 0.25) is 0 Å². The molecular formula is C8H10MgO2S. The molecule has 1 N–H and O–H groups in total. The molecule has 0 aliphatic heterocycles. The normalized spacial score (nSPS) is 8.67. The van der Waals surface area contributed by atoms with Crippen molar-refractivity contribution >= 4 is 40.8 Å². The van der Waals surface area contributed by atoms with E-state index in [2.05, 4.69) is 0 Å². The summed E-state index contributed by atoms with van der Waals surface area (Å²) < 4.78 is 0. The van der Waals surface area contributed by atoms with E-state index in [0.717, 1.165) is 4.90 Å². The first-order valence-electron chi connectivity index (χ1n) is 3.18. The molecule has 0 aliphatic rings. The lowest BCUT2D eigenvalue weighted by Crippen LogP contribution is -1.96. The van der Waals surface area contributed by atoms with E-state index in [9.17, 15) is 4.79 Å². The molecule has 0 atom stereocenters. The lowest BCUT2D eigenvalue weighted by Gasteiger charge is -1.95. The highest BCUT2D eigenvalue weighted by molar-refractivity contribution is 8.00. The Hall–Kier alpha value is -0.194. The third-order valence-electron chi connectivity index (χ3n) is 1.11. The summed E-state index contributed by atoms with van der Waals surface area (Å²) in [6.45, 7) is 0. The quantitative estimate of drug-likeness (QED) is 0.575. The zero-order valence-electron chi connectivity index (χ0n) is 5.86. The molecule has 0 bridgehead atoms. The van der Waals surface area contributed by atoms with Crippen molar-refractivity contribution in [3.8, 4) is 0 Å². The molecule has 2 nitrogen and oxygen atoms in total. The molecule has 1 aromatic carbocycles. The van der Waals surface area contributed by atoms with Crippen molar-refractivity contribution < 1.29 is 9.90 Å². The van der Waals surface area contributed by atoms with Gasteiger partial charge in [-0.2, -0.15) is 0 Å². The monoisotopic (exact) mass is 194 g/mol. The Kier molecular flexibility index (Phi) is 6.23. The van der Waals surface area contributed by atoms with Gasteiger partial charge in [0.2, 0.25) is 0 Å². The fourth-order valence-electron chi connectivity index (χ4n) is 0.662. The van der Waals surface area contributed by atoms with E-state index in [4.69, 9.17) is 5.11 Å². The van der Waals surface area contributed by atoms with Crippen LogP contribution in [0.15, 0.2) is 35.2 Å². The molecule has 0 saturated heterocycles. The molecule has 0 aliphatic carbocycles. The maximum atomic E-state index is 10.2. The van der Waals surface area contributed by atoms with Gasteiger partial charge in [0.05, 0.1) is 5.75 Å². The van der Waals surface area contributed by atoms with Crippen LogP contribution in [0.3, 0.4) is 0 Å². The second kappa shape index (κ2) is 6.34. The van der Waals surface area contributed by atoms with Crippen LogP contribution in [0.1, 0.15) is 0 Å². The Labute approximate surface area is 91.5 Å². The Morgan fingerprint density at radius 1 is 1.33 bits per heavy atom. The van der Waals surface area contributed by atoms with Crippen molar-refractivity contribution in [1.29, 1.82) is 0 Å². The maximum Gasteiger partial charge on any atom is 0.316 e. The first kappa shape index (κ1) is 11.8. The van der Waals surface area contributed by atoms with Gasteiger partial charge in [0.15, 0.2) is 0 Å². The summed E-state index contributed by atoms with van der Waals surface area (Å²) in [7, 11) is 0. The maximum absolute atomic E-state index is 10.2. The summed E-state index contributed by atoms with van der Waals surface area (Å²) >= 11 is 1.33. The van der Waals surface area contributed by atoms with Gasteiger partial charge in [0.25, 0.3) is 0 Å². The minimum atomic E-state index is -0.779. The molecule has 0 spiro atoms. The van der Waals surface area contributed by atoms with Crippen LogP contribution in [0.5, 0.6) is 0 Å². The van der Waals surface area contributed by atoms with E-state index in [0.29, 0.717) is 0 Å². The molecule has 4 heteroatoms. The summed E-state index contributed by atoms with van der Waals surface area (Å²) in [6.07, 6.45) is 0. The van der Waals surface area contributed by atoms with Gasteiger partial charge >= 0.3 is 29.0 Å². The average Bonchev–Trinajstić information content (AvgIpc) is 2.03. The Balaban J connectivity index is 0.00000121. The highest BCUT2D eigenvalue weighted by atomic mass is 32.2. The molecule has 0 amide bonds. The second-order valence-electron chi connectivity index (χ2n) is 2.00. The number of hydrogen-bond donors (Lipinski definition) is 1. The van der Waals surface area contributed by atoms with Crippen LogP contribution >= 0.6 is 11.8 Å². The van der Waals surface area contributed by atoms with Crippen LogP contribution in [0, 0.1) is 0 Å². The standard InChI is InChI=1S/C8H8O2S.Mg.2H/c9-8(10)6-11-7-4-2-1-3-5-7;;;/h1-5H,6H2,(H,9,10);;;.